The van der Waals surface area contributed by atoms with E-state index < -0.39 is 0 Å². The summed E-state index contributed by atoms with van der Waals surface area (Å²) in [6, 6.07) is 0. The van der Waals surface area contributed by atoms with Gasteiger partial charge in [0.2, 0.25) is 0 Å². The van der Waals surface area contributed by atoms with Crippen LogP contribution in [0, 0.1) is 12.3 Å². The van der Waals surface area contributed by atoms with Gasteiger partial charge >= 0.3 is 0 Å². The van der Waals surface area contributed by atoms with Gasteiger partial charge in [-0.15, -0.1) is 0 Å². The van der Waals surface area contributed by atoms with Gasteiger partial charge in [-0.25, -0.2) is 0 Å². The molecule has 0 bridgehead atoms. The average Bonchev–Trinajstić information content (AvgIpc) is 2.77. The van der Waals surface area contributed by atoms with E-state index >= 15 is 0 Å². The highest BCUT2D eigenvalue weighted by atomic mass is 15.1. The van der Waals surface area contributed by atoms with Crippen LogP contribution in [0.15, 0.2) is 0 Å². The summed E-state index contributed by atoms with van der Waals surface area (Å²) >= 11 is 0. The molecule has 1 saturated carbocycles. The smallest absolute Gasteiger partial charge is 0.000966 e. The van der Waals surface area contributed by atoms with Crippen LogP contribution in [-0.2, 0) is 0 Å². The van der Waals surface area contributed by atoms with Gasteiger partial charge in [0.15, 0.2) is 0 Å². The van der Waals surface area contributed by atoms with E-state index in [1.54, 1.807) is 0 Å². The lowest BCUT2D eigenvalue weighted by Gasteiger charge is -2.18. The molecule has 1 heterocycles. The highest BCUT2D eigenvalue weighted by molar-refractivity contribution is 4.80. The zero-order valence-electron chi connectivity index (χ0n) is 7.26. The Labute approximate surface area is 69.8 Å². The molecule has 63 valence electrons. The van der Waals surface area contributed by atoms with Crippen molar-refractivity contribution in [3.05, 3.63) is 6.42 Å². The minimum Gasteiger partial charge on any atom is -0.303 e. The lowest BCUT2D eigenvalue weighted by atomic mass is 10.2. The fraction of sp³-hybridized carbons (Fsp3) is 0.900. The molecule has 1 heteroatoms. The lowest BCUT2D eigenvalue weighted by Crippen LogP contribution is -2.26. The Morgan fingerprint density at radius 2 is 2.09 bits per heavy atom. The van der Waals surface area contributed by atoms with E-state index in [4.69, 9.17) is 0 Å². The second kappa shape index (κ2) is 3.57. The molecule has 11 heavy (non-hydrogen) atoms. The van der Waals surface area contributed by atoms with E-state index in [-0.39, 0.29) is 0 Å². The molecular formula is C10H18N. The fourth-order valence-electron chi connectivity index (χ4n) is 1.84. The van der Waals surface area contributed by atoms with Crippen molar-refractivity contribution in [2.45, 2.75) is 32.1 Å². The molecule has 1 nitrogen and oxygen atoms in total. The van der Waals surface area contributed by atoms with E-state index in [1.165, 1.54) is 51.7 Å². The zero-order chi connectivity index (χ0) is 7.52. The first-order valence-corrected chi connectivity index (χ1v) is 4.99. The molecule has 0 aromatic rings. The maximum Gasteiger partial charge on any atom is 0.000966 e. The molecule has 0 unspecified atom stereocenters. The van der Waals surface area contributed by atoms with Crippen molar-refractivity contribution in [3.8, 4) is 0 Å². The van der Waals surface area contributed by atoms with Crippen molar-refractivity contribution in [3.63, 3.8) is 0 Å². The third-order valence-corrected chi connectivity index (χ3v) is 2.75. The molecule has 2 fully saturated rings. The Morgan fingerprint density at radius 1 is 1.18 bits per heavy atom. The first-order chi connectivity index (χ1) is 5.45. The van der Waals surface area contributed by atoms with Crippen LogP contribution in [0.2, 0.25) is 0 Å². The topological polar surface area (TPSA) is 3.24 Å². The number of hydrogen-bond acceptors (Lipinski definition) is 1. The van der Waals surface area contributed by atoms with Crippen LogP contribution in [0.4, 0.5) is 0 Å². The van der Waals surface area contributed by atoms with Gasteiger partial charge in [-0.1, -0.05) is 0 Å². The Kier molecular flexibility index (Phi) is 2.47. The highest BCUT2D eigenvalue weighted by Gasteiger charge is 2.24. The maximum atomic E-state index is 2.65. The third-order valence-electron chi connectivity index (χ3n) is 2.75. The molecule has 0 atom stereocenters. The number of likely N-dealkylation sites (tertiary alicyclic amines) is 1. The van der Waals surface area contributed by atoms with Gasteiger partial charge in [-0.2, -0.15) is 0 Å². The summed E-state index contributed by atoms with van der Waals surface area (Å²) in [5.41, 5.74) is 0. The average molecular weight is 152 g/mol. The van der Waals surface area contributed by atoms with Crippen molar-refractivity contribution in [1.82, 2.24) is 4.90 Å². The molecule has 0 aromatic heterocycles. The molecule has 1 saturated heterocycles. The summed E-state index contributed by atoms with van der Waals surface area (Å²) in [5.74, 6) is 1.08. The maximum absolute atomic E-state index is 2.65. The van der Waals surface area contributed by atoms with Crippen LogP contribution >= 0.6 is 0 Å². The lowest BCUT2D eigenvalue weighted by molar-refractivity contribution is 0.275. The number of rotatable bonds is 2. The summed E-state index contributed by atoms with van der Waals surface area (Å²) in [5, 5.41) is 0. The van der Waals surface area contributed by atoms with Crippen LogP contribution in [0.5, 0.6) is 0 Å². The Balaban J connectivity index is 1.71. The summed E-state index contributed by atoms with van der Waals surface area (Å²) in [4.78, 5) is 2.65. The van der Waals surface area contributed by atoms with Crippen molar-refractivity contribution in [2.75, 3.05) is 19.6 Å². The first-order valence-electron chi connectivity index (χ1n) is 4.99. The molecule has 0 amide bonds. The van der Waals surface area contributed by atoms with Crippen molar-refractivity contribution in [2.24, 2.45) is 5.92 Å². The first kappa shape index (κ1) is 7.60. The number of nitrogens with zero attached hydrogens (tertiary/aromatic N) is 1. The van der Waals surface area contributed by atoms with Crippen LogP contribution in [0.3, 0.4) is 0 Å². The van der Waals surface area contributed by atoms with Crippen molar-refractivity contribution in [1.29, 1.82) is 0 Å². The van der Waals surface area contributed by atoms with Crippen LogP contribution < -0.4 is 0 Å². The normalized spacial score (nSPS) is 28.4. The molecular weight excluding hydrogens is 134 g/mol. The molecule has 0 aromatic carbocycles. The molecule has 0 spiro atoms. The minimum absolute atomic E-state index is 1.08. The summed E-state index contributed by atoms with van der Waals surface area (Å²) < 4.78 is 0. The fourth-order valence-corrected chi connectivity index (χ4v) is 1.84. The van der Waals surface area contributed by atoms with E-state index in [0.717, 1.165) is 5.92 Å². The Morgan fingerprint density at radius 3 is 2.91 bits per heavy atom. The van der Waals surface area contributed by atoms with Crippen LogP contribution in [-0.4, -0.2) is 24.5 Å². The predicted octanol–water partition coefficient (Wildman–Crippen LogP) is 2.09. The van der Waals surface area contributed by atoms with E-state index in [2.05, 4.69) is 11.3 Å². The largest absolute Gasteiger partial charge is 0.303 e. The zero-order valence-corrected chi connectivity index (χ0v) is 7.26. The standard InChI is InChI=1S/C10H18N/c1-2-4-8-11(7-3-1)9-10-5-6-10/h1,10H,2-9H2. The second-order valence-corrected chi connectivity index (χ2v) is 3.96. The van der Waals surface area contributed by atoms with Gasteiger partial charge in [0.05, 0.1) is 0 Å². The third kappa shape index (κ3) is 2.48. The van der Waals surface area contributed by atoms with E-state index in [0.29, 0.717) is 0 Å². The Hall–Kier alpha value is -0.0400. The van der Waals surface area contributed by atoms with Crippen LogP contribution in [0.25, 0.3) is 0 Å². The molecule has 0 N–H and O–H groups in total. The van der Waals surface area contributed by atoms with Gasteiger partial charge in [0.1, 0.15) is 0 Å². The highest BCUT2D eigenvalue weighted by Crippen LogP contribution is 2.30. The van der Waals surface area contributed by atoms with Crippen molar-refractivity contribution >= 4 is 0 Å². The molecule has 1 aliphatic heterocycles. The second-order valence-electron chi connectivity index (χ2n) is 3.96. The Bertz CT molecular complexity index is 110. The molecule has 2 aliphatic rings. The molecule has 2 rings (SSSR count). The summed E-state index contributed by atoms with van der Waals surface area (Å²) in [6.45, 7) is 4.08. The SMILES string of the molecule is [CH]1CCCN(CC2CC2)CC1. The van der Waals surface area contributed by atoms with Crippen molar-refractivity contribution < 1.29 is 0 Å². The monoisotopic (exact) mass is 152 g/mol. The molecule has 1 radical (unpaired) electrons. The molecule has 1 aliphatic carbocycles. The quantitative estimate of drug-likeness (QED) is 0.585. The number of hydrogen-bond donors (Lipinski definition) is 0. The summed E-state index contributed by atoms with van der Waals surface area (Å²) in [7, 11) is 0. The van der Waals surface area contributed by atoms with Gasteiger partial charge in [-0.05, 0) is 57.5 Å². The minimum atomic E-state index is 1.08. The van der Waals surface area contributed by atoms with Gasteiger partial charge in [0, 0.05) is 6.54 Å². The van der Waals surface area contributed by atoms with Gasteiger partial charge in [0.25, 0.3) is 0 Å². The summed E-state index contributed by atoms with van der Waals surface area (Å²) in [6.07, 6.45) is 9.52. The van der Waals surface area contributed by atoms with E-state index in [1.807, 2.05) is 0 Å². The predicted molar refractivity (Wildman–Crippen MR) is 47.3 cm³/mol. The van der Waals surface area contributed by atoms with Gasteiger partial charge in [-0.3, -0.25) is 0 Å². The van der Waals surface area contributed by atoms with Crippen LogP contribution in [0.1, 0.15) is 32.1 Å². The van der Waals surface area contributed by atoms with Gasteiger partial charge < -0.3 is 4.90 Å². The van der Waals surface area contributed by atoms with E-state index in [9.17, 15) is 0 Å².